The lowest BCUT2D eigenvalue weighted by Gasteiger charge is -2.32. The molecule has 2 aromatic heterocycles. The van der Waals surface area contributed by atoms with E-state index in [2.05, 4.69) is 16.9 Å². The second-order valence-corrected chi connectivity index (χ2v) is 5.40. The quantitative estimate of drug-likeness (QED) is 0.803. The Kier molecular flexibility index (Phi) is 3.11. The van der Waals surface area contributed by atoms with Crippen molar-refractivity contribution in [1.29, 1.82) is 0 Å². The highest BCUT2D eigenvalue weighted by atomic mass is 35.5. The summed E-state index contributed by atoms with van der Waals surface area (Å²) in [5.74, 6) is 0.899. The van der Waals surface area contributed by atoms with Crippen molar-refractivity contribution in [3.8, 4) is 0 Å². The van der Waals surface area contributed by atoms with Crippen molar-refractivity contribution < 1.29 is 4.74 Å². The number of nitrogens with zero attached hydrogens (tertiary/aromatic N) is 4. The monoisotopic (exact) mass is 280 g/mol. The van der Waals surface area contributed by atoms with Gasteiger partial charge < -0.3 is 9.64 Å². The van der Waals surface area contributed by atoms with Gasteiger partial charge in [-0.25, -0.2) is 4.98 Å². The number of aromatic nitrogens is 3. The standard InChI is InChI=1S/C13H17ClN4O/c1-8-7-18(4-5-19-8)11-6-10(14)12-9(2)16-17(3)13(12)15-11/h6,8H,4-5,7H2,1-3H3/t8-/m0/s1. The number of ether oxygens (including phenoxy) is 1. The Hall–Kier alpha value is -1.33. The van der Waals surface area contributed by atoms with Crippen molar-refractivity contribution in [2.75, 3.05) is 24.6 Å². The van der Waals surface area contributed by atoms with Gasteiger partial charge in [-0.3, -0.25) is 4.68 Å². The van der Waals surface area contributed by atoms with E-state index in [9.17, 15) is 0 Å². The van der Waals surface area contributed by atoms with E-state index in [-0.39, 0.29) is 6.10 Å². The first-order valence-corrected chi connectivity index (χ1v) is 6.80. The van der Waals surface area contributed by atoms with E-state index >= 15 is 0 Å². The average Bonchev–Trinajstić information content (AvgIpc) is 2.65. The van der Waals surface area contributed by atoms with Gasteiger partial charge in [-0.2, -0.15) is 5.10 Å². The number of morpholine rings is 1. The van der Waals surface area contributed by atoms with Crippen LogP contribution in [-0.2, 0) is 11.8 Å². The van der Waals surface area contributed by atoms with Crippen molar-refractivity contribution in [3.05, 3.63) is 16.8 Å². The van der Waals surface area contributed by atoms with Crippen molar-refractivity contribution in [2.45, 2.75) is 20.0 Å². The fourth-order valence-corrected chi connectivity index (χ4v) is 2.89. The molecule has 1 aliphatic heterocycles. The van der Waals surface area contributed by atoms with Crippen LogP contribution in [0.2, 0.25) is 5.02 Å². The van der Waals surface area contributed by atoms with Crippen LogP contribution in [0.5, 0.6) is 0 Å². The summed E-state index contributed by atoms with van der Waals surface area (Å²) in [5.41, 5.74) is 1.75. The molecule has 0 amide bonds. The summed E-state index contributed by atoms with van der Waals surface area (Å²) in [6.07, 6.45) is 0.221. The van der Waals surface area contributed by atoms with Crippen LogP contribution in [0.25, 0.3) is 11.0 Å². The minimum absolute atomic E-state index is 0.221. The number of halogens is 1. The van der Waals surface area contributed by atoms with Crippen LogP contribution in [0, 0.1) is 6.92 Å². The third-order valence-corrected chi connectivity index (χ3v) is 3.77. The molecule has 6 heteroatoms. The Morgan fingerprint density at radius 2 is 2.26 bits per heavy atom. The third-order valence-electron chi connectivity index (χ3n) is 3.47. The van der Waals surface area contributed by atoms with E-state index < -0.39 is 0 Å². The van der Waals surface area contributed by atoms with Gasteiger partial charge in [-0.05, 0) is 13.8 Å². The van der Waals surface area contributed by atoms with Gasteiger partial charge in [0.25, 0.3) is 0 Å². The molecule has 0 bridgehead atoms. The predicted molar refractivity (Wildman–Crippen MR) is 75.9 cm³/mol. The smallest absolute Gasteiger partial charge is 0.161 e. The van der Waals surface area contributed by atoms with E-state index in [1.807, 2.05) is 20.0 Å². The molecule has 0 spiro atoms. The molecule has 0 saturated carbocycles. The molecule has 0 radical (unpaired) electrons. The largest absolute Gasteiger partial charge is 0.375 e. The Bertz CT molecular complexity index is 625. The summed E-state index contributed by atoms with van der Waals surface area (Å²) in [7, 11) is 1.89. The van der Waals surface area contributed by atoms with Gasteiger partial charge in [0.05, 0.1) is 28.8 Å². The lowest BCUT2D eigenvalue weighted by Crippen LogP contribution is -2.41. The molecule has 0 unspecified atom stereocenters. The maximum atomic E-state index is 6.39. The lowest BCUT2D eigenvalue weighted by atomic mass is 10.2. The fourth-order valence-electron chi connectivity index (χ4n) is 2.57. The topological polar surface area (TPSA) is 43.2 Å². The molecule has 1 saturated heterocycles. The minimum Gasteiger partial charge on any atom is -0.375 e. The Balaban J connectivity index is 2.07. The molecule has 3 rings (SSSR count). The van der Waals surface area contributed by atoms with E-state index in [1.54, 1.807) is 4.68 Å². The number of aryl methyl sites for hydroxylation is 2. The number of anilines is 1. The zero-order chi connectivity index (χ0) is 13.6. The van der Waals surface area contributed by atoms with Gasteiger partial charge in [-0.15, -0.1) is 0 Å². The molecular formula is C13H17ClN4O. The molecule has 3 heterocycles. The van der Waals surface area contributed by atoms with Crippen molar-refractivity contribution in [2.24, 2.45) is 7.05 Å². The fraction of sp³-hybridized carbons (Fsp3) is 0.538. The van der Waals surface area contributed by atoms with Crippen LogP contribution in [0.3, 0.4) is 0 Å². The molecule has 0 N–H and O–H groups in total. The van der Waals surface area contributed by atoms with Gasteiger partial charge in [-0.1, -0.05) is 11.6 Å². The van der Waals surface area contributed by atoms with Crippen LogP contribution in [0.4, 0.5) is 5.82 Å². The third kappa shape index (κ3) is 2.17. The van der Waals surface area contributed by atoms with Gasteiger partial charge in [0, 0.05) is 26.2 Å². The summed E-state index contributed by atoms with van der Waals surface area (Å²) in [4.78, 5) is 6.91. The van der Waals surface area contributed by atoms with Crippen LogP contribution in [-0.4, -0.2) is 40.6 Å². The Morgan fingerprint density at radius 1 is 1.47 bits per heavy atom. The maximum Gasteiger partial charge on any atom is 0.161 e. The van der Waals surface area contributed by atoms with E-state index in [4.69, 9.17) is 21.3 Å². The van der Waals surface area contributed by atoms with E-state index in [0.29, 0.717) is 5.02 Å². The van der Waals surface area contributed by atoms with Gasteiger partial charge >= 0.3 is 0 Å². The molecule has 2 aromatic rings. The van der Waals surface area contributed by atoms with Crippen molar-refractivity contribution in [3.63, 3.8) is 0 Å². The zero-order valence-electron chi connectivity index (χ0n) is 11.4. The van der Waals surface area contributed by atoms with E-state index in [1.165, 1.54) is 0 Å². The van der Waals surface area contributed by atoms with Crippen LogP contribution >= 0.6 is 11.6 Å². The normalized spacial score (nSPS) is 20.2. The predicted octanol–water partition coefficient (Wildman–Crippen LogP) is 2.16. The lowest BCUT2D eigenvalue weighted by molar-refractivity contribution is 0.0529. The highest BCUT2D eigenvalue weighted by molar-refractivity contribution is 6.35. The molecule has 102 valence electrons. The zero-order valence-corrected chi connectivity index (χ0v) is 12.1. The number of pyridine rings is 1. The Morgan fingerprint density at radius 3 is 3.00 bits per heavy atom. The van der Waals surface area contributed by atoms with Gasteiger partial charge in [0.2, 0.25) is 0 Å². The summed E-state index contributed by atoms with van der Waals surface area (Å²) in [6, 6.07) is 1.93. The van der Waals surface area contributed by atoms with E-state index in [0.717, 1.165) is 42.2 Å². The second-order valence-electron chi connectivity index (χ2n) is 5.00. The average molecular weight is 281 g/mol. The summed E-state index contributed by atoms with van der Waals surface area (Å²) in [5, 5.41) is 6.03. The number of fused-ring (bicyclic) bond motifs is 1. The molecule has 1 aliphatic rings. The summed E-state index contributed by atoms with van der Waals surface area (Å²) in [6.45, 7) is 6.43. The Labute approximate surface area is 117 Å². The molecule has 1 fully saturated rings. The molecule has 0 aliphatic carbocycles. The highest BCUT2D eigenvalue weighted by Gasteiger charge is 2.20. The SMILES string of the molecule is Cc1nn(C)c2nc(N3CCO[C@@H](C)C3)cc(Cl)c12. The van der Waals surface area contributed by atoms with Crippen molar-refractivity contribution >= 4 is 28.5 Å². The molecule has 1 atom stereocenters. The molecule has 0 aromatic carbocycles. The van der Waals surface area contributed by atoms with Gasteiger partial charge in [0.1, 0.15) is 5.82 Å². The number of hydrogen-bond acceptors (Lipinski definition) is 4. The highest BCUT2D eigenvalue weighted by Crippen LogP contribution is 2.29. The first kappa shape index (κ1) is 12.7. The van der Waals surface area contributed by atoms with Crippen LogP contribution in [0.15, 0.2) is 6.07 Å². The van der Waals surface area contributed by atoms with Gasteiger partial charge in [0.15, 0.2) is 5.65 Å². The number of hydrogen-bond donors (Lipinski definition) is 0. The first-order valence-electron chi connectivity index (χ1n) is 6.42. The number of rotatable bonds is 1. The first-order chi connectivity index (χ1) is 9.06. The summed E-state index contributed by atoms with van der Waals surface area (Å²) >= 11 is 6.39. The minimum atomic E-state index is 0.221. The van der Waals surface area contributed by atoms with Crippen LogP contribution < -0.4 is 4.90 Å². The molecule has 19 heavy (non-hydrogen) atoms. The second kappa shape index (κ2) is 4.65. The van der Waals surface area contributed by atoms with Crippen molar-refractivity contribution in [1.82, 2.24) is 14.8 Å². The maximum absolute atomic E-state index is 6.39. The summed E-state index contributed by atoms with van der Waals surface area (Å²) < 4.78 is 7.34. The molecule has 5 nitrogen and oxygen atoms in total. The van der Waals surface area contributed by atoms with Crippen LogP contribution in [0.1, 0.15) is 12.6 Å². The molecular weight excluding hydrogens is 264 g/mol.